The Bertz CT molecular complexity index is 744. The molecule has 4 rings (SSSR count). The maximum Gasteiger partial charge on any atom is 0.224 e. The molecular weight excluding hydrogens is 389 g/mol. The molecule has 7 nitrogen and oxygen atoms in total. The van der Waals surface area contributed by atoms with Crippen molar-refractivity contribution in [3.8, 4) is 0 Å². The Labute approximate surface area is 171 Å². The Hall–Kier alpha value is -1.67. The number of morpholine rings is 1. The summed E-state index contributed by atoms with van der Waals surface area (Å²) in [6.07, 6.45) is 2.13. The summed E-state index contributed by atoms with van der Waals surface area (Å²) in [5.41, 5.74) is 0.953. The van der Waals surface area contributed by atoms with Crippen molar-refractivity contribution in [3.63, 3.8) is 0 Å². The second-order valence-corrected chi connectivity index (χ2v) is 6.51. The number of halogens is 2. The molecular formula is C18H25Cl2N5O2. The molecule has 2 fully saturated rings. The van der Waals surface area contributed by atoms with Gasteiger partial charge in [0, 0.05) is 50.6 Å². The van der Waals surface area contributed by atoms with E-state index in [2.05, 4.69) is 26.3 Å². The Morgan fingerprint density at radius 2 is 1.93 bits per heavy atom. The van der Waals surface area contributed by atoms with Gasteiger partial charge in [-0.05, 0) is 12.1 Å². The molecule has 0 bridgehead atoms. The fourth-order valence-electron chi connectivity index (χ4n) is 3.50. The number of para-hydroxylation sites is 1. The number of rotatable bonds is 3. The lowest BCUT2D eigenvalue weighted by molar-refractivity contribution is -0.132. The van der Waals surface area contributed by atoms with Gasteiger partial charge in [0.05, 0.1) is 18.7 Å². The number of carbonyl (C=O) groups is 1. The molecule has 9 heteroatoms. The predicted octanol–water partition coefficient (Wildman–Crippen LogP) is 1.50. The van der Waals surface area contributed by atoms with Crippen LogP contribution in [-0.4, -0.2) is 72.8 Å². The first kappa shape index (κ1) is 21.6. The predicted molar refractivity (Wildman–Crippen MR) is 110 cm³/mol. The van der Waals surface area contributed by atoms with Crippen LogP contribution in [0.5, 0.6) is 0 Å². The van der Waals surface area contributed by atoms with E-state index < -0.39 is 0 Å². The molecule has 1 unspecified atom stereocenters. The van der Waals surface area contributed by atoms with E-state index in [1.807, 2.05) is 23.1 Å². The molecule has 1 amide bonds. The number of ether oxygens (including phenoxy) is 1. The average Bonchev–Trinajstić information content (AvgIpc) is 2.68. The maximum absolute atomic E-state index is 12.5. The highest BCUT2D eigenvalue weighted by Crippen LogP contribution is 2.23. The molecule has 148 valence electrons. The van der Waals surface area contributed by atoms with Crippen LogP contribution >= 0.6 is 24.8 Å². The molecule has 2 aliphatic rings. The van der Waals surface area contributed by atoms with Crippen LogP contribution in [0.15, 0.2) is 30.6 Å². The van der Waals surface area contributed by atoms with Gasteiger partial charge in [0.15, 0.2) is 0 Å². The van der Waals surface area contributed by atoms with Gasteiger partial charge < -0.3 is 19.9 Å². The summed E-state index contributed by atoms with van der Waals surface area (Å²) in [7, 11) is 0. The van der Waals surface area contributed by atoms with E-state index in [1.54, 1.807) is 6.33 Å². The van der Waals surface area contributed by atoms with Gasteiger partial charge in [-0.2, -0.15) is 0 Å². The van der Waals surface area contributed by atoms with Crippen molar-refractivity contribution in [3.05, 3.63) is 30.6 Å². The summed E-state index contributed by atoms with van der Waals surface area (Å²) >= 11 is 0. The number of hydrogen-bond acceptors (Lipinski definition) is 6. The van der Waals surface area contributed by atoms with E-state index in [4.69, 9.17) is 4.74 Å². The van der Waals surface area contributed by atoms with Crippen LogP contribution in [0.3, 0.4) is 0 Å². The highest BCUT2D eigenvalue weighted by Gasteiger charge is 2.25. The summed E-state index contributed by atoms with van der Waals surface area (Å²) in [6, 6.07) is 8.19. The van der Waals surface area contributed by atoms with Gasteiger partial charge in [0.1, 0.15) is 12.1 Å². The summed E-state index contributed by atoms with van der Waals surface area (Å²) in [5, 5.41) is 4.41. The minimum absolute atomic E-state index is 0. The quantitative estimate of drug-likeness (QED) is 0.821. The van der Waals surface area contributed by atoms with E-state index in [0.29, 0.717) is 13.0 Å². The van der Waals surface area contributed by atoms with Crippen LogP contribution in [0, 0.1) is 0 Å². The van der Waals surface area contributed by atoms with E-state index in [-0.39, 0.29) is 36.8 Å². The Balaban J connectivity index is 0.00000131. The summed E-state index contributed by atoms with van der Waals surface area (Å²) in [6.45, 7) is 5.22. The number of nitrogens with zero attached hydrogens (tertiary/aromatic N) is 4. The number of nitrogens with one attached hydrogen (secondary N) is 1. The third-order valence-electron chi connectivity index (χ3n) is 4.87. The van der Waals surface area contributed by atoms with Gasteiger partial charge in [-0.1, -0.05) is 12.1 Å². The third-order valence-corrected chi connectivity index (χ3v) is 4.87. The van der Waals surface area contributed by atoms with Crippen LogP contribution in [0.4, 0.5) is 5.82 Å². The van der Waals surface area contributed by atoms with Gasteiger partial charge in [-0.25, -0.2) is 9.97 Å². The lowest BCUT2D eigenvalue weighted by Crippen LogP contribution is -2.51. The van der Waals surface area contributed by atoms with Crippen molar-refractivity contribution in [2.45, 2.75) is 12.5 Å². The van der Waals surface area contributed by atoms with Crippen molar-refractivity contribution >= 4 is 47.4 Å². The molecule has 1 aromatic heterocycles. The fourth-order valence-corrected chi connectivity index (χ4v) is 3.50. The van der Waals surface area contributed by atoms with Gasteiger partial charge in [-0.3, -0.25) is 4.79 Å². The zero-order valence-electron chi connectivity index (χ0n) is 15.0. The molecule has 2 aliphatic heterocycles. The number of fused-ring (bicyclic) bond motifs is 1. The zero-order chi connectivity index (χ0) is 17.1. The molecule has 2 aromatic rings. The topological polar surface area (TPSA) is 70.6 Å². The number of aromatic nitrogens is 2. The maximum atomic E-state index is 12.5. The van der Waals surface area contributed by atoms with Crippen molar-refractivity contribution in [2.75, 3.05) is 50.8 Å². The largest absolute Gasteiger partial charge is 0.378 e. The lowest BCUT2D eigenvalue weighted by atomic mass is 10.1. The molecule has 2 saturated heterocycles. The normalized spacial score (nSPS) is 19.9. The molecule has 0 radical (unpaired) electrons. The molecule has 1 aromatic carbocycles. The van der Waals surface area contributed by atoms with E-state index in [0.717, 1.165) is 56.1 Å². The lowest BCUT2D eigenvalue weighted by Gasteiger charge is -2.36. The molecule has 1 atom stereocenters. The third kappa shape index (κ3) is 4.99. The zero-order valence-corrected chi connectivity index (χ0v) is 16.7. The number of piperazine rings is 1. The van der Waals surface area contributed by atoms with Crippen LogP contribution in [0.2, 0.25) is 0 Å². The molecule has 3 heterocycles. The minimum Gasteiger partial charge on any atom is -0.378 e. The first-order valence-electron chi connectivity index (χ1n) is 8.85. The monoisotopic (exact) mass is 413 g/mol. The van der Waals surface area contributed by atoms with Crippen LogP contribution in [-0.2, 0) is 9.53 Å². The molecule has 0 saturated carbocycles. The standard InChI is InChI=1S/C18H23N5O2.2ClH/c24-17(11-14-12-25-10-5-19-14)22-6-8-23(9-7-22)18-15-3-1-2-4-16(15)20-13-21-18;;/h1-4,13-14,19H,5-12H2;2*1H. The van der Waals surface area contributed by atoms with Gasteiger partial charge >= 0.3 is 0 Å². The second kappa shape index (κ2) is 10.0. The number of amides is 1. The van der Waals surface area contributed by atoms with Crippen LogP contribution < -0.4 is 10.2 Å². The summed E-state index contributed by atoms with van der Waals surface area (Å²) in [5.74, 6) is 1.16. The van der Waals surface area contributed by atoms with E-state index >= 15 is 0 Å². The SMILES string of the molecule is Cl.Cl.O=C(CC1COCCN1)N1CCN(c2ncnc3ccccc23)CC1. The highest BCUT2D eigenvalue weighted by atomic mass is 35.5. The Kier molecular flexibility index (Phi) is 8.04. The van der Waals surface area contributed by atoms with Crippen LogP contribution in [0.25, 0.3) is 10.9 Å². The Morgan fingerprint density at radius 3 is 2.67 bits per heavy atom. The van der Waals surface area contributed by atoms with Crippen molar-refractivity contribution in [1.29, 1.82) is 0 Å². The average molecular weight is 414 g/mol. The van der Waals surface area contributed by atoms with E-state index in [1.165, 1.54) is 0 Å². The van der Waals surface area contributed by atoms with Gasteiger partial charge in [0.25, 0.3) is 0 Å². The molecule has 0 aliphatic carbocycles. The van der Waals surface area contributed by atoms with Crippen LogP contribution in [0.1, 0.15) is 6.42 Å². The van der Waals surface area contributed by atoms with E-state index in [9.17, 15) is 4.79 Å². The summed E-state index contributed by atoms with van der Waals surface area (Å²) < 4.78 is 5.43. The van der Waals surface area contributed by atoms with Gasteiger partial charge in [0.2, 0.25) is 5.91 Å². The first-order valence-corrected chi connectivity index (χ1v) is 8.85. The Morgan fingerprint density at radius 1 is 1.15 bits per heavy atom. The molecule has 1 N–H and O–H groups in total. The van der Waals surface area contributed by atoms with Gasteiger partial charge in [-0.15, -0.1) is 24.8 Å². The number of benzene rings is 1. The molecule has 27 heavy (non-hydrogen) atoms. The molecule has 0 spiro atoms. The summed E-state index contributed by atoms with van der Waals surface area (Å²) in [4.78, 5) is 25.5. The fraction of sp³-hybridized carbons (Fsp3) is 0.500. The van der Waals surface area contributed by atoms with Crippen molar-refractivity contribution < 1.29 is 9.53 Å². The first-order chi connectivity index (χ1) is 12.3. The number of carbonyl (C=O) groups excluding carboxylic acids is 1. The highest BCUT2D eigenvalue weighted by molar-refractivity contribution is 5.89. The number of anilines is 1. The smallest absolute Gasteiger partial charge is 0.224 e. The number of hydrogen-bond donors (Lipinski definition) is 1. The van der Waals surface area contributed by atoms with Crippen molar-refractivity contribution in [1.82, 2.24) is 20.2 Å². The minimum atomic E-state index is 0. The second-order valence-electron chi connectivity index (χ2n) is 6.51. The van der Waals surface area contributed by atoms with Crippen molar-refractivity contribution in [2.24, 2.45) is 0 Å².